The zero-order valence-electron chi connectivity index (χ0n) is 11.6. The zero-order chi connectivity index (χ0) is 14.9. The first kappa shape index (κ1) is 14.5. The normalized spacial score (nSPS) is 22.2. The molecule has 0 bridgehead atoms. The lowest BCUT2D eigenvalue weighted by atomic mass is 10.2. The minimum atomic E-state index is -1.09. The lowest BCUT2D eigenvalue weighted by molar-refractivity contribution is -0.141. The van der Waals surface area contributed by atoms with Crippen molar-refractivity contribution >= 4 is 11.9 Å². The molecule has 0 radical (unpaired) electrons. The number of carboxylic acids is 1. The number of aromatic nitrogens is 2. The second-order valence-electron chi connectivity index (χ2n) is 4.89. The van der Waals surface area contributed by atoms with E-state index in [9.17, 15) is 14.7 Å². The van der Waals surface area contributed by atoms with Gasteiger partial charge in [-0.15, -0.1) is 0 Å². The van der Waals surface area contributed by atoms with Crippen molar-refractivity contribution in [2.45, 2.75) is 45.4 Å². The molecule has 2 N–H and O–H groups in total. The Balaban J connectivity index is 2.30. The molecule has 0 saturated carbocycles. The van der Waals surface area contributed by atoms with Gasteiger partial charge in [0.1, 0.15) is 11.7 Å². The summed E-state index contributed by atoms with van der Waals surface area (Å²) < 4.78 is 1.57. The highest BCUT2D eigenvalue weighted by Crippen LogP contribution is 2.21. The molecule has 7 heteroatoms. The predicted octanol–water partition coefficient (Wildman–Crippen LogP) is 0.125. The third-order valence-electron chi connectivity index (χ3n) is 3.54. The SMILES string of the molecule is CCc1cc(C(=O)N2CC(O)CC2C(=O)O)n(CC)n1. The third-order valence-corrected chi connectivity index (χ3v) is 3.54. The summed E-state index contributed by atoms with van der Waals surface area (Å²) in [5.74, 6) is -1.48. The van der Waals surface area contributed by atoms with Gasteiger partial charge in [-0.25, -0.2) is 4.79 Å². The molecule has 1 aliphatic rings. The first-order chi connectivity index (χ1) is 9.47. The second kappa shape index (κ2) is 5.62. The van der Waals surface area contributed by atoms with Crippen molar-refractivity contribution in [3.63, 3.8) is 0 Å². The van der Waals surface area contributed by atoms with Crippen molar-refractivity contribution < 1.29 is 19.8 Å². The summed E-state index contributed by atoms with van der Waals surface area (Å²) in [5, 5.41) is 23.0. The minimum absolute atomic E-state index is 0.0478. The Morgan fingerprint density at radius 2 is 2.15 bits per heavy atom. The van der Waals surface area contributed by atoms with Gasteiger partial charge in [0.25, 0.3) is 5.91 Å². The average molecular weight is 281 g/mol. The van der Waals surface area contributed by atoms with Crippen molar-refractivity contribution in [1.29, 1.82) is 0 Å². The van der Waals surface area contributed by atoms with Crippen molar-refractivity contribution in [3.05, 3.63) is 17.5 Å². The van der Waals surface area contributed by atoms with Gasteiger partial charge < -0.3 is 15.1 Å². The fourth-order valence-electron chi connectivity index (χ4n) is 2.48. The number of aliphatic hydroxyl groups is 1. The first-order valence-electron chi connectivity index (χ1n) is 6.76. The second-order valence-corrected chi connectivity index (χ2v) is 4.89. The summed E-state index contributed by atoms with van der Waals surface area (Å²) in [7, 11) is 0. The standard InChI is InChI=1S/C13H19N3O4/c1-3-8-5-10(16(4-2)14-8)12(18)15-7-9(17)6-11(15)13(19)20/h5,9,11,17H,3-4,6-7H2,1-2H3,(H,19,20). The van der Waals surface area contributed by atoms with E-state index >= 15 is 0 Å². The first-order valence-corrected chi connectivity index (χ1v) is 6.76. The molecule has 2 heterocycles. The van der Waals surface area contributed by atoms with E-state index in [4.69, 9.17) is 5.11 Å². The number of hydrogen-bond acceptors (Lipinski definition) is 4. The lowest BCUT2D eigenvalue weighted by Crippen LogP contribution is -2.41. The number of nitrogens with zero attached hydrogens (tertiary/aromatic N) is 3. The molecule has 1 aromatic heterocycles. The summed E-state index contributed by atoms with van der Waals surface area (Å²) in [5.41, 5.74) is 1.17. The number of amides is 1. The molecule has 0 aliphatic carbocycles. The molecule has 110 valence electrons. The van der Waals surface area contributed by atoms with E-state index in [2.05, 4.69) is 5.10 Å². The summed E-state index contributed by atoms with van der Waals surface area (Å²) in [6.45, 7) is 4.40. The summed E-state index contributed by atoms with van der Waals surface area (Å²) in [4.78, 5) is 24.9. The fraction of sp³-hybridized carbons (Fsp3) is 0.615. The lowest BCUT2D eigenvalue weighted by Gasteiger charge is -2.21. The van der Waals surface area contributed by atoms with Crippen LogP contribution in [0.1, 0.15) is 36.5 Å². The Morgan fingerprint density at radius 3 is 2.70 bits per heavy atom. The van der Waals surface area contributed by atoms with Gasteiger partial charge in [0, 0.05) is 19.5 Å². The van der Waals surface area contributed by atoms with Gasteiger partial charge in [-0.3, -0.25) is 9.48 Å². The molecule has 1 amide bonds. The molecular formula is C13H19N3O4. The molecule has 2 rings (SSSR count). The van der Waals surface area contributed by atoms with Gasteiger partial charge in [-0.2, -0.15) is 5.10 Å². The van der Waals surface area contributed by atoms with Crippen LogP contribution >= 0.6 is 0 Å². The van der Waals surface area contributed by atoms with Gasteiger partial charge in [0.05, 0.1) is 11.8 Å². The Kier molecular flexibility index (Phi) is 4.08. The Hall–Kier alpha value is -1.89. The van der Waals surface area contributed by atoms with Gasteiger partial charge >= 0.3 is 5.97 Å². The van der Waals surface area contributed by atoms with Crippen molar-refractivity contribution in [2.24, 2.45) is 0 Å². The number of aryl methyl sites for hydroxylation is 2. The van der Waals surface area contributed by atoms with Gasteiger partial charge in [0.15, 0.2) is 0 Å². The summed E-state index contributed by atoms with van der Waals surface area (Å²) >= 11 is 0. The van der Waals surface area contributed by atoms with Crippen LogP contribution < -0.4 is 0 Å². The number of rotatable bonds is 4. The zero-order valence-corrected chi connectivity index (χ0v) is 11.6. The average Bonchev–Trinajstić information content (AvgIpc) is 3.00. The monoisotopic (exact) mass is 281 g/mol. The number of β-amino-alcohol motifs (C(OH)–C–C–N with tert-alkyl or cyclic N) is 1. The molecule has 0 aromatic carbocycles. The molecule has 1 aliphatic heterocycles. The molecule has 0 spiro atoms. The molecule has 1 fully saturated rings. The molecular weight excluding hydrogens is 262 g/mol. The Bertz CT molecular complexity index is 526. The van der Waals surface area contributed by atoms with Crippen molar-refractivity contribution in [2.75, 3.05) is 6.54 Å². The largest absolute Gasteiger partial charge is 0.480 e. The van der Waals surface area contributed by atoms with Gasteiger partial charge in [-0.05, 0) is 19.4 Å². The van der Waals surface area contributed by atoms with Crippen molar-refractivity contribution in [1.82, 2.24) is 14.7 Å². The summed E-state index contributed by atoms with van der Waals surface area (Å²) in [6.07, 6.45) is -0.0102. The van der Waals surface area contributed by atoms with E-state index in [1.807, 2.05) is 13.8 Å². The molecule has 1 aromatic rings. The summed E-state index contributed by atoms with van der Waals surface area (Å²) in [6, 6.07) is 0.720. The predicted molar refractivity (Wildman–Crippen MR) is 70.4 cm³/mol. The number of carbonyl (C=O) groups excluding carboxylic acids is 1. The van der Waals surface area contributed by atoms with Crippen LogP contribution in [0.4, 0.5) is 0 Å². The maximum atomic E-state index is 12.5. The minimum Gasteiger partial charge on any atom is -0.480 e. The van der Waals surface area contributed by atoms with Crippen LogP contribution in [0.2, 0.25) is 0 Å². The fourth-order valence-corrected chi connectivity index (χ4v) is 2.48. The number of aliphatic hydroxyl groups excluding tert-OH is 1. The molecule has 2 atom stereocenters. The smallest absolute Gasteiger partial charge is 0.326 e. The van der Waals surface area contributed by atoms with E-state index in [1.165, 1.54) is 4.90 Å². The maximum absolute atomic E-state index is 12.5. The van der Waals surface area contributed by atoms with Crippen LogP contribution in [-0.4, -0.2) is 55.5 Å². The van der Waals surface area contributed by atoms with Crippen LogP contribution in [0.25, 0.3) is 0 Å². The highest BCUT2D eigenvalue weighted by molar-refractivity contribution is 5.95. The van der Waals surface area contributed by atoms with Crippen LogP contribution in [0, 0.1) is 0 Å². The molecule has 7 nitrogen and oxygen atoms in total. The quantitative estimate of drug-likeness (QED) is 0.817. The highest BCUT2D eigenvalue weighted by Gasteiger charge is 2.40. The van der Waals surface area contributed by atoms with E-state index in [1.54, 1.807) is 10.7 Å². The van der Waals surface area contributed by atoms with Crippen LogP contribution in [0.3, 0.4) is 0 Å². The third kappa shape index (κ3) is 2.53. The van der Waals surface area contributed by atoms with E-state index in [-0.39, 0.29) is 18.9 Å². The Labute approximate surface area is 116 Å². The van der Waals surface area contributed by atoms with Crippen LogP contribution in [0.15, 0.2) is 6.07 Å². The van der Waals surface area contributed by atoms with E-state index in [0.717, 1.165) is 5.69 Å². The number of aliphatic carboxylic acids is 1. The molecule has 1 saturated heterocycles. The number of carbonyl (C=O) groups is 2. The molecule has 20 heavy (non-hydrogen) atoms. The number of carboxylic acid groups (broad SMARTS) is 1. The topological polar surface area (TPSA) is 95.7 Å². The van der Waals surface area contributed by atoms with E-state index in [0.29, 0.717) is 18.7 Å². The van der Waals surface area contributed by atoms with Gasteiger partial charge in [-0.1, -0.05) is 6.92 Å². The van der Waals surface area contributed by atoms with Gasteiger partial charge in [0.2, 0.25) is 0 Å². The number of likely N-dealkylation sites (tertiary alicyclic amines) is 1. The molecule has 2 unspecified atom stereocenters. The van der Waals surface area contributed by atoms with E-state index < -0.39 is 18.1 Å². The van der Waals surface area contributed by atoms with Crippen LogP contribution in [0.5, 0.6) is 0 Å². The van der Waals surface area contributed by atoms with Crippen LogP contribution in [-0.2, 0) is 17.8 Å². The highest BCUT2D eigenvalue weighted by atomic mass is 16.4. The maximum Gasteiger partial charge on any atom is 0.326 e. The Morgan fingerprint density at radius 1 is 1.45 bits per heavy atom. The van der Waals surface area contributed by atoms with Crippen molar-refractivity contribution in [3.8, 4) is 0 Å². The number of hydrogen-bond donors (Lipinski definition) is 2.